The molecule has 0 saturated heterocycles. The molecular formula is C26H19N5. The van der Waals surface area contributed by atoms with Crippen molar-refractivity contribution in [3.8, 4) is 28.3 Å². The number of aromatic amines is 1. The van der Waals surface area contributed by atoms with Crippen LogP contribution in [-0.2, 0) is 0 Å². The lowest BCUT2D eigenvalue weighted by Crippen LogP contribution is -1.99. The molecule has 6 aromatic rings. The summed E-state index contributed by atoms with van der Waals surface area (Å²) in [6.07, 6.45) is 0. The molecule has 0 amide bonds. The number of rotatable bonds is 3. The zero-order chi connectivity index (χ0) is 20.8. The SMILES string of the molecule is Cc1nn(-c2ccccc2)c2nc(-c3ccccc3)c(-c3nc4ccccc4[nH]3)cc12. The van der Waals surface area contributed by atoms with Crippen LogP contribution in [0.25, 0.3) is 50.4 Å². The molecule has 0 atom stereocenters. The Kier molecular flexibility index (Phi) is 3.93. The van der Waals surface area contributed by atoms with E-state index in [1.807, 2.05) is 84.4 Å². The lowest BCUT2D eigenvalue weighted by Gasteiger charge is -2.09. The van der Waals surface area contributed by atoms with Crippen molar-refractivity contribution in [3.63, 3.8) is 0 Å². The third-order valence-corrected chi connectivity index (χ3v) is 5.54. The van der Waals surface area contributed by atoms with Gasteiger partial charge in [0.25, 0.3) is 0 Å². The summed E-state index contributed by atoms with van der Waals surface area (Å²) in [5, 5.41) is 5.81. The van der Waals surface area contributed by atoms with Gasteiger partial charge in [-0.3, -0.25) is 0 Å². The molecule has 0 radical (unpaired) electrons. The topological polar surface area (TPSA) is 59.4 Å². The average molecular weight is 401 g/mol. The molecular weight excluding hydrogens is 382 g/mol. The minimum Gasteiger partial charge on any atom is -0.338 e. The summed E-state index contributed by atoms with van der Waals surface area (Å²) in [7, 11) is 0. The number of H-pyrrole nitrogens is 1. The monoisotopic (exact) mass is 401 g/mol. The quantitative estimate of drug-likeness (QED) is 0.399. The van der Waals surface area contributed by atoms with Crippen molar-refractivity contribution < 1.29 is 0 Å². The zero-order valence-corrected chi connectivity index (χ0v) is 16.9. The van der Waals surface area contributed by atoms with Crippen molar-refractivity contribution in [2.24, 2.45) is 0 Å². The van der Waals surface area contributed by atoms with Crippen LogP contribution in [-0.4, -0.2) is 24.7 Å². The van der Waals surface area contributed by atoms with E-state index in [1.54, 1.807) is 0 Å². The van der Waals surface area contributed by atoms with E-state index in [9.17, 15) is 0 Å². The second kappa shape index (κ2) is 6.92. The molecule has 0 fully saturated rings. The highest BCUT2D eigenvalue weighted by molar-refractivity contribution is 5.92. The summed E-state index contributed by atoms with van der Waals surface area (Å²) in [5.74, 6) is 0.807. The summed E-state index contributed by atoms with van der Waals surface area (Å²) < 4.78 is 1.92. The van der Waals surface area contributed by atoms with Gasteiger partial charge in [0.05, 0.1) is 28.1 Å². The molecule has 0 bridgehead atoms. The Morgan fingerprint density at radius 2 is 1.48 bits per heavy atom. The Morgan fingerprint density at radius 3 is 2.26 bits per heavy atom. The molecule has 0 spiro atoms. The third-order valence-electron chi connectivity index (χ3n) is 5.54. The number of aryl methyl sites for hydroxylation is 1. The molecule has 5 heteroatoms. The van der Waals surface area contributed by atoms with Crippen LogP contribution in [0, 0.1) is 6.92 Å². The Hall–Kier alpha value is -4.25. The van der Waals surface area contributed by atoms with Crippen LogP contribution in [0.1, 0.15) is 5.69 Å². The average Bonchev–Trinajstić information content (AvgIpc) is 3.40. The molecule has 3 heterocycles. The zero-order valence-electron chi connectivity index (χ0n) is 16.9. The summed E-state index contributed by atoms with van der Waals surface area (Å²) in [4.78, 5) is 13.4. The van der Waals surface area contributed by atoms with Gasteiger partial charge in [0, 0.05) is 16.5 Å². The van der Waals surface area contributed by atoms with Crippen LogP contribution in [0.4, 0.5) is 0 Å². The first kappa shape index (κ1) is 17.6. The molecule has 0 aliphatic rings. The molecule has 3 aromatic carbocycles. The maximum atomic E-state index is 5.13. The number of nitrogens with zero attached hydrogens (tertiary/aromatic N) is 4. The fourth-order valence-electron chi connectivity index (χ4n) is 4.01. The van der Waals surface area contributed by atoms with Gasteiger partial charge in [0.2, 0.25) is 0 Å². The number of para-hydroxylation sites is 3. The molecule has 5 nitrogen and oxygen atoms in total. The highest BCUT2D eigenvalue weighted by Gasteiger charge is 2.19. The Balaban J connectivity index is 1.67. The van der Waals surface area contributed by atoms with E-state index < -0.39 is 0 Å². The van der Waals surface area contributed by atoms with Gasteiger partial charge in [0.15, 0.2) is 5.65 Å². The van der Waals surface area contributed by atoms with Crippen molar-refractivity contribution in [2.45, 2.75) is 6.92 Å². The lowest BCUT2D eigenvalue weighted by molar-refractivity contribution is 0.878. The minimum absolute atomic E-state index is 0.807. The third kappa shape index (κ3) is 2.90. The van der Waals surface area contributed by atoms with Crippen molar-refractivity contribution in [3.05, 3.63) is 96.7 Å². The summed E-state index contributed by atoms with van der Waals surface area (Å²) in [5.41, 5.74) is 7.59. The van der Waals surface area contributed by atoms with E-state index in [4.69, 9.17) is 15.1 Å². The molecule has 0 unspecified atom stereocenters. The molecule has 1 N–H and O–H groups in total. The van der Waals surface area contributed by atoms with Gasteiger partial charge >= 0.3 is 0 Å². The fraction of sp³-hybridized carbons (Fsp3) is 0.0385. The van der Waals surface area contributed by atoms with Crippen LogP contribution >= 0.6 is 0 Å². The summed E-state index contributed by atoms with van der Waals surface area (Å²) in [6.45, 7) is 2.02. The smallest absolute Gasteiger partial charge is 0.163 e. The molecule has 0 saturated carbocycles. The van der Waals surface area contributed by atoms with E-state index in [1.165, 1.54) is 0 Å². The maximum Gasteiger partial charge on any atom is 0.163 e. The van der Waals surface area contributed by atoms with Crippen LogP contribution in [0.5, 0.6) is 0 Å². The second-order valence-corrected chi connectivity index (χ2v) is 7.56. The number of aromatic nitrogens is 5. The van der Waals surface area contributed by atoms with Gasteiger partial charge in [-0.2, -0.15) is 5.10 Å². The number of benzene rings is 3. The van der Waals surface area contributed by atoms with Crippen LogP contribution < -0.4 is 0 Å². The first-order chi connectivity index (χ1) is 15.3. The van der Waals surface area contributed by atoms with Gasteiger partial charge in [-0.1, -0.05) is 60.7 Å². The van der Waals surface area contributed by atoms with Crippen molar-refractivity contribution >= 4 is 22.1 Å². The summed E-state index contributed by atoms with van der Waals surface area (Å²) in [6, 6.07) is 30.6. The number of hydrogen-bond donors (Lipinski definition) is 1. The molecule has 31 heavy (non-hydrogen) atoms. The highest BCUT2D eigenvalue weighted by atomic mass is 15.3. The maximum absolute atomic E-state index is 5.13. The van der Waals surface area contributed by atoms with Crippen LogP contribution in [0.3, 0.4) is 0 Å². The number of hydrogen-bond acceptors (Lipinski definition) is 3. The van der Waals surface area contributed by atoms with Gasteiger partial charge in [-0.05, 0) is 37.3 Å². The number of nitrogens with one attached hydrogen (secondary N) is 1. The first-order valence-electron chi connectivity index (χ1n) is 10.2. The van der Waals surface area contributed by atoms with Crippen molar-refractivity contribution in [1.29, 1.82) is 0 Å². The number of fused-ring (bicyclic) bond motifs is 2. The Labute approximate surface area is 179 Å². The van der Waals surface area contributed by atoms with E-state index >= 15 is 0 Å². The standard InChI is InChI=1S/C26H19N5/c1-17-20-16-21(25-27-22-14-8-9-15-23(22)28-25)24(18-10-4-2-5-11-18)29-26(20)31(30-17)19-12-6-3-7-13-19/h2-16H,1H3,(H,27,28). The highest BCUT2D eigenvalue weighted by Crippen LogP contribution is 2.34. The van der Waals surface area contributed by atoms with Crippen LogP contribution in [0.15, 0.2) is 91.0 Å². The van der Waals surface area contributed by atoms with Crippen LogP contribution in [0.2, 0.25) is 0 Å². The van der Waals surface area contributed by atoms with Gasteiger partial charge in [-0.15, -0.1) is 0 Å². The van der Waals surface area contributed by atoms with E-state index in [-0.39, 0.29) is 0 Å². The molecule has 0 aliphatic heterocycles. The Bertz CT molecular complexity index is 1500. The first-order valence-corrected chi connectivity index (χ1v) is 10.2. The van der Waals surface area contributed by atoms with Gasteiger partial charge in [0.1, 0.15) is 5.82 Å². The summed E-state index contributed by atoms with van der Waals surface area (Å²) >= 11 is 0. The predicted molar refractivity (Wildman–Crippen MR) is 124 cm³/mol. The molecule has 6 rings (SSSR count). The van der Waals surface area contributed by atoms with E-state index in [0.717, 1.165) is 56.1 Å². The minimum atomic E-state index is 0.807. The number of imidazole rings is 1. The van der Waals surface area contributed by atoms with Gasteiger partial charge < -0.3 is 4.98 Å². The van der Waals surface area contributed by atoms with E-state index in [0.29, 0.717) is 0 Å². The van der Waals surface area contributed by atoms with Crippen molar-refractivity contribution in [1.82, 2.24) is 24.7 Å². The normalized spacial score (nSPS) is 11.4. The van der Waals surface area contributed by atoms with Gasteiger partial charge in [-0.25, -0.2) is 14.6 Å². The predicted octanol–water partition coefficient (Wildman–Crippen LogP) is 5.94. The fourth-order valence-corrected chi connectivity index (χ4v) is 4.01. The molecule has 3 aromatic heterocycles. The number of pyridine rings is 1. The molecule has 148 valence electrons. The largest absolute Gasteiger partial charge is 0.338 e. The van der Waals surface area contributed by atoms with Crippen molar-refractivity contribution in [2.75, 3.05) is 0 Å². The van der Waals surface area contributed by atoms with E-state index in [2.05, 4.69) is 23.2 Å². The lowest BCUT2D eigenvalue weighted by atomic mass is 10.0. The Morgan fingerprint density at radius 1 is 0.774 bits per heavy atom. The second-order valence-electron chi connectivity index (χ2n) is 7.56. The molecule has 0 aliphatic carbocycles.